The molecular weight excluding hydrogens is 256 g/mol. The molecule has 2 rings (SSSR count). The summed E-state index contributed by atoms with van der Waals surface area (Å²) in [6.07, 6.45) is 0.609. The highest BCUT2D eigenvalue weighted by Gasteiger charge is 2.16. The van der Waals surface area contributed by atoms with E-state index in [0.717, 1.165) is 17.6 Å². The molecule has 0 aliphatic heterocycles. The topological polar surface area (TPSA) is 23.8 Å². The summed E-state index contributed by atoms with van der Waals surface area (Å²) >= 11 is 0. The Morgan fingerprint density at radius 3 is 2.47 bits per heavy atom. The van der Waals surface area contributed by atoms with E-state index in [1.165, 1.54) is 16.3 Å². The maximum absolute atomic E-state index is 8.71. The minimum atomic E-state index is 0. The Labute approximate surface area is 121 Å². The van der Waals surface area contributed by atoms with E-state index in [1.807, 2.05) is 0 Å². The third-order valence-electron chi connectivity index (χ3n) is 3.31. The number of quaternary nitrogens is 1. The zero-order valence-electron chi connectivity index (χ0n) is 11.4. The molecule has 2 aromatic carbocycles. The van der Waals surface area contributed by atoms with Gasteiger partial charge in [0.15, 0.2) is 0 Å². The highest BCUT2D eigenvalue weighted by molar-refractivity contribution is 5.85. The SMILES string of the molecule is C[N+](C)(CCC#N)Cc1cccc2ccccc12.[Cl-]. The fraction of sp³-hybridized carbons (Fsp3) is 0.312. The average molecular weight is 275 g/mol. The van der Waals surface area contributed by atoms with E-state index in [-0.39, 0.29) is 12.4 Å². The molecule has 0 saturated carbocycles. The highest BCUT2D eigenvalue weighted by Crippen LogP contribution is 2.21. The summed E-state index contributed by atoms with van der Waals surface area (Å²) in [4.78, 5) is 0. The molecule has 100 valence electrons. The van der Waals surface area contributed by atoms with E-state index < -0.39 is 0 Å². The fourth-order valence-electron chi connectivity index (χ4n) is 2.32. The van der Waals surface area contributed by atoms with E-state index in [4.69, 9.17) is 5.26 Å². The maximum atomic E-state index is 8.71. The van der Waals surface area contributed by atoms with Crippen LogP contribution in [0.15, 0.2) is 42.5 Å². The Hall–Kier alpha value is -1.56. The summed E-state index contributed by atoms with van der Waals surface area (Å²) in [5.74, 6) is 0. The van der Waals surface area contributed by atoms with Crippen molar-refractivity contribution in [3.05, 3.63) is 48.0 Å². The molecular formula is C16H19ClN2. The molecule has 0 aliphatic rings. The number of benzene rings is 2. The van der Waals surface area contributed by atoms with Gasteiger partial charge in [0.1, 0.15) is 6.54 Å². The Kier molecular flexibility index (Phi) is 5.35. The molecule has 0 saturated heterocycles. The van der Waals surface area contributed by atoms with Gasteiger partial charge in [-0.3, -0.25) is 0 Å². The van der Waals surface area contributed by atoms with E-state index in [0.29, 0.717) is 6.42 Å². The van der Waals surface area contributed by atoms with E-state index >= 15 is 0 Å². The largest absolute Gasteiger partial charge is 1.00 e. The molecule has 0 atom stereocenters. The lowest BCUT2D eigenvalue weighted by Crippen LogP contribution is -3.00. The van der Waals surface area contributed by atoms with Gasteiger partial charge in [-0.1, -0.05) is 42.5 Å². The van der Waals surface area contributed by atoms with Crippen LogP contribution in [0.2, 0.25) is 0 Å². The Morgan fingerprint density at radius 1 is 1.05 bits per heavy atom. The van der Waals surface area contributed by atoms with Gasteiger partial charge in [-0.25, -0.2) is 0 Å². The van der Waals surface area contributed by atoms with Crippen LogP contribution < -0.4 is 12.4 Å². The summed E-state index contributed by atoms with van der Waals surface area (Å²) in [7, 11) is 4.36. The smallest absolute Gasteiger partial charge is 0.105 e. The molecule has 0 aromatic heterocycles. The second-order valence-corrected chi connectivity index (χ2v) is 5.36. The molecule has 0 amide bonds. The van der Waals surface area contributed by atoms with Gasteiger partial charge in [0.25, 0.3) is 0 Å². The van der Waals surface area contributed by atoms with Crippen LogP contribution in [0.5, 0.6) is 0 Å². The summed E-state index contributed by atoms with van der Waals surface area (Å²) < 4.78 is 0.849. The minimum Gasteiger partial charge on any atom is -1.00 e. The number of hydrogen-bond donors (Lipinski definition) is 0. The van der Waals surface area contributed by atoms with E-state index in [2.05, 4.69) is 62.6 Å². The molecule has 2 aromatic rings. The van der Waals surface area contributed by atoms with Crippen molar-refractivity contribution in [1.82, 2.24) is 0 Å². The van der Waals surface area contributed by atoms with Crippen LogP contribution in [0.25, 0.3) is 10.8 Å². The van der Waals surface area contributed by atoms with E-state index in [9.17, 15) is 0 Å². The molecule has 0 N–H and O–H groups in total. The lowest BCUT2D eigenvalue weighted by atomic mass is 10.0. The van der Waals surface area contributed by atoms with Gasteiger partial charge in [0.05, 0.1) is 33.1 Å². The number of rotatable bonds is 4. The van der Waals surface area contributed by atoms with Crippen molar-refractivity contribution >= 4 is 10.8 Å². The maximum Gasteiger partial charge on any atom is 0.105 e. The third-order valence-corrected chi connectivity index (χ3v) is 3.31. The van der Waals surface area contributed by atoms with Crippen molar-refractivity contribution in [2.75, 3.05) is 20.6 Å². The summed E-state index contributed by atoms with van der Waals surface area (Å²) in [5.41, 5.74) is 1.36. The van der Waals surface area contributed by atoms with Gasteiger partial charge in [0.2, 0.25) is 0 Å². The molecule has 3 heteroatoms. The molecule has 0 spiro atoms. The van der Waals surface area contributed by atoms with Crippen LogP contribution in [-0.2, 0) is 6.54 Å². The molecule has 0 unspecified atom stereocenters. The second-order valence-electron chi connectivity index (χ2n) is 5.36. The molecule has 19 heavy (non-hydrogen) atoms. The van der Waals surface area contributed by atoms with Crippen LogP contribution in [0.4, 0.5) is 0 Å². The predicted molar refractivity (Wildman–Crippen MR) is 74.9 cm³/mol. The normalized spacial score (nSPS) is 10.8. The van der Waals surface area contributed by atoms with E-state index in [1.54, 1.807) is 0 Å². The van der Waals surface area contributed by atoms with Crippen molar-refractivity contribution in [3.63, 3.8) is 0 Å². The number of nitriles is 1. The van der Waals surface area contributed by atoms with Gasteiger partial charge < -0.3 is 16.9 Å². The third kappa shape index (κ3) is 3.96. The van der Waals surface area contributed by atoms with Gasteiger partial charge in [-0.15, -0.1) is 0 Å². The van der Waals surface area contributed by atoms with Crippen molar-refractivity contribution in [1.29, 1.82) is 5.26 Å². The number of fused-ring (bicyclic) bond motifs is 1. The first-order valence-electron chi connectivity index (χ1n) is 6.28. The zero-order chi connectivity index (χ0) is 13.0. The number of halogens is 1. The van der Waals surface area contributed by atoms with Gasteiger partial charge in [-0.2, -0.15) is 5.26 Å². The summed E-state index contributed by atoms with van der Waals surface area (Å²) in [6.45, 7) is 1.85. The van der Waals surface area contributed by atoms with Crippen molar-refractivity contribution in [2.24, 2.45) is 0 Å². The van der Waals surface area contributed by atoms with Crippen LogP contribution in [0.1, 0.15) is 12.0 Å². The standard InChI is InChI=1S/C16H19N2.ClH/c1-18(2,12-6-11-17)13-15-9-5-8-14-7-3-4-10-16(14)15;/h3-5,7-10H,6,12-13H2,1-2H3;1H/q+1;/p-1. The minimum absolute atomic E-state index is 0. The molecule has 0 aliphatic carbocycles. The van der Waals surface area contributed by atoms with Crippen molar-refractivity contribution in [3.8, 4) is 6.07 Å². The lowest BCUT2D eigenvalue weighted by molar-refractivity contribution is -0.903. The molecule has 0 heterocycles. The van der Waals surface area contributed by atoms with Gasteiger partial charge >= 0.3 is 0 Å². The van der Waals surface area contributed by atoms with Gasteiger partial charge in [0, 0.05) is 5.56 Å². The molecule has 0 bridgehead atoms. The first kappa shape index (κ1) is 15.5. The highest BCUT2D eigenvalue weighted by atomic mass is 35.5. The predicted octanol–water partition coefficient (Wildman–Crippen LogP) is 0.334. The Balaban J connectivity index is 0.00000180. The number of hydrogen-bond acceptors (Lipinski definition) is 1. The van der Waals surface area contributed by atoms with Crippen LogP contribution in [0, 0.1) is 11.3 Å². The second kappa shape index (κ2) is 6.56. The molecule has 0 radical (unpaired) electrons. The quantitative estimate of drug-likeness (QED) is 0.738. The molecule has 0 fully saturated rings. The zero-order valence-corrected chi connectivity index (χ0v) is 12.2. The van der Waals surface area contributed by atoms with Crippen LogP contribution in [-0.4, -0.2) is 25.1 Å². The van der Waals surface area contributed by atoms with Crippen LogP contribution in [0.3, 0.4) is 0 Å². The fourth-order valence-corrected chi connectivity index (χ4v) is 2.32. The lowest BCUT2D eigenvalue weighted by Gasteiger charge is -2.29. The monoisotopic (exact) mass is 274 g/mol. The van der Waals surface area contributed by atoms with Gasteiger partial charge in [-0.05, 0) is 10.8 Å². The van der Waals surface area contributed by atoms with Crippen molar-refractivity contribution in [2.45, 2.75) is 13.0 Å². The summed E-state index contributed by atoms with van der Waals surface area (Å²) in [5, 5.41) is 11.3. The Bertz CT molecular complexity index is 579. The van der Waals surface area contributed by atoms with Crippen molar-refractivity contribution < 1.29 is 16.9 Å². The molecule has 2 nitrogen and oxygen atoms in total. The Morgan fingerprint density at radius 2 is 1.74 bits per heavy atom. The number of nitrogens with zero attached hydrogens (tertiary/aromatic N) is 2. The average Bonchev–Trinajstić information content (AvgIpc) is 2.37. The summed E-state index contributed by atoms with van der Waals surface area (Å²) in [6, 6.07) is 17.2. The van der Waals surface area contributed by atoms with Crippen LogP contribution >= 0.6 is 0 Å². The first-order chi connectivity index (χ1) is 8.62. The first-order valence-corrected chi connectivity index (χ1v) is 6.28.